The highest BCUT2D eigenvalue weighted by Crippen LogP contribution is 2.25. The molecule has 0 radical (unpaired) electrons. The molecule has 1 heterocycles. The Kier molecular flexibility index (Phi) is 3.16. The summed E-state index contributed by atoms with van der Waals surface area (Å²) in [6, 6.07) is 6.24. The van der Waals surface area contributed by atoms with Gasteiger partial charge >= 0.3 is 0 Å². The Labute approximate surface area is 102 Å². The third kappa shape index (κ3) is 2.18. The van der Waals surface area contributed by atoms with Crippen molar-refractivity contribution in [3.63, 3.8) is 0 Å². The van der Waals surface area contributed by atoms with Crippen LogP contribution in [-0.4, -0.2) is 10.1 Å². The number of aliphatic hydroxyl groups is 1. The second-order valence-electron chi connectivity index (χ2n) is 4.97. The number of hydrogen-bond donors (Lipinski definition) is 1. The van der Waals surface area contributed by atoms with Crippen LogP contribution in [0.4, 0.5) is 0 Å². The molecule has 0 atom stereocenters. The fourth-order valence-electron chi connectivity index (χ4n) is 2.00. The van der Waals surface area contributed by atoms with Crippen molar-refractivity contribution in [3.8, 4) is 0 Å². The van der Waals surface area contributed by atoms with E-state index in [0.29, 0.717) is 5.92 Å². The van der Waals surface area contributed by atoms with Crippen molar-refractivity contribution in [2.24, 2.45) is 0 Å². The summed E-state index contributed by atoms with van der Waals surface area (Å²) in [5.74, 6) is 0.381. The Morgan fingerprint density at radius 2 is 1.76 bits per heavy atom. The normalized spacial score (nSPS) is 11.4. The zero-order chi connectivity index (χ0) is 12.6. The van der Waals surface area contributed by atoms with Crippen LogP contribution in [0.15, 0.2) is 18.2 Å². The van der Waals surface area contributed by atoms with E-state index in [-0.39, 0.29) is 6.61 Å². The molecule has 2 heteroatoms. The van der Waals surface area contributed by atoms with Gasteiger partial charge in [-0.15, -0.1) is 0 Å². The molecule has 0 aliphatic rings. The molecule has 2 rings (SSSR count). The Balaban J connectivity index is 2.78. The smallest absolute Gasteiger partial charge is 0.0711 e. The average Bonchev–Trinajstić information content (AvgIpc) is 2.29. The molecule has 1 aromatic heterocycles. The summed E-state index contributed by atoms with van der Waals surface area (Å²) in [4.78, 5) is 4.67. The van der Waals surface area contributed by atoms with Crippen LogP contribution in [0.3, 0.4) is 0 Å². The van der Waals surface area contributed by atoms with E-state index in [1.807, 2.05) is 6.07 Å². The van der Waals surface area contributed by atoms with E-state index in [2.05, 4.69) is 44.8 Å². The van der Waals surface area contributed by atoms with Gasteiger partial charge in [-0.25, -0.2) is 0 Å². The number of nitrogens with zero attached hydrogens (tertiary/aromatic N) is 1. The molecule has 0 spiro atoms. The van der Waals surface area contributed by atoms with E-state index < -0.39 is 0 Å². The first-order valence-electron chi connectivity index (χ1n) is 6.04. The van der Waals surface area contributed by atoms with Gasteiger partial charge in [-0.2, -0.15) is 0 Å². The molecule has 2 aromatic rings. The number of benzene rings is 1. The number of aromatic nitrogens is 1. The summed E-state index contributed by atoms with van der Waals surface area (Å²) in [5.41, 5.74) is 5.50. The van der Waals surface area contributed by atoms with Crippen LogP contribution in [0.5, 0.6) is 0 Å². The highest BCUT2D eigenvalue weighted by atomic mass is 16.3. The lowest BCUT2D eigenvalue weighted by Gasteiger charge is -2.12. The van der Waals surface area contributed by atoms with Crippen molar-refractivity contribution in [1.82, 2.24) is 4.98 Å². The molecule has 0 aliphatic carbocycles. The summed E-state index contributed by atoms with van der Waals surface area (Å²) in [6.07, 6.45) is 0. The van der Waals surface area contributed by atoms with Crippen molar-refractivity contribution in [1.29, 1.82) is 0 Å². The van der Waals surface area contributed by atoms with Crippen LogP contribution in [0.25, 0.3) is 10.9 Å². The topological polar surface area (TPSA) is 33.1 Å². The third-order valence-electron chi connectivity index (χ3n) is 3.29. The number of aliphatic hydroxyl groups excluding tert-OH is 1. The van der Waals surface area contributed by atoms with Gasteiger partial charge in [-0.3, -0.25) is 4.98 Å². The maximum Gasteiger partial charge on any atom is 0.0711 e. The molecule has 1 aromatic carbocycles. The molecule has 0 amide bonds. The van der Waals surface area contributed by atoms with Gasteiger partial charge < -0.3 is 5.11 Å². The Morgan fingerprint density at radius 3 is 2.35 bits per heavy atom. The zero-order valence-corrected chi connectivity index (χ0v) is 10.9. The third-order valence-corrected chi connectivity index (χ3v) is 3.29. The van der Waals surface area contributed by atoms with Crippen LogP contribution >= 0.6 is 0 Å². The quantitative estimate of drug-likeness (QED) is 0.855. The van der Waals surface area contributed by atoms with Crippen molar-refractivity contribution in [2.45, 2.75) is 40.2 Å². The molecule has 0 fully saturated rings. The van der Waals surface area contributed by atoms with E-state index in [1.54, 1.807) is 0 Å². The number of hydrogen-bond acceptors (Lipinski definition) is 2. The SMILES string of the molecule is Cc1cc2nc(C(C)C)cc(CO)c2cc1C. The van der Waals surface area contributed by atoms with E-state index >= 15 is 0 Å². The molecule has 17 heavy (non-hydrogen) atoms. The van der Waals surface area contributed by atoms with Gasteiger partial charge in [0, 0.05) is 11.1 Å². The number of fused-ring (bicyclic) bond motifs is 1. The van der Waals surface area contributed by atoms with Crippen molar-refractivity contribution in [2.75, 3.05) is 0 Å². The highest BCUT2D eigenvalue weighted by Gasteiger charge is 2.09. The maximum absolute atomic E-state index is 9.47. The molecule has 0 bridgehead atoms. The molecular weight excluding hydrogens is 210 g/mol. The standard InChI is InChI=1S/C15H19NO/c1-9(2)14-7-12(8-17)13-5-10(3)11(4)6-15(13)16-14/h5-7,9,17H,8H2,1-4H3. The van der Waals surface area contributed by atoms with E-state index in [1.165, 1.54) is 11.1 Å². The summed E-state index contributed by atoms with van der Waals surface area (Å²) in [7, 11) is 0. The lowest BCUT2D eigenvalue weighted by molar-refractivity contribution is 0.283. The molecule has 0 saturated carbocycles. The first-order valence-corrected chi connectivity index (χ1v) is 6.04. The van der Waals surface area contributed by atoms with E-state index in [4.69, 9.17) is 0 Å². The first-order chi connectivity index (χ1) is 8.02. The van der Waals surface area contributed by atoms with Gasteiger partial charge in [0.15, 0.2) is 0 Å². The Hall–Kier alpha value is -1.41. The molecular formula is C15H19NO. The van der Waals surface area contributed by atoms with Crippen LogP contribution in [0, 0.1) is 13.8 Å². The van der Waals surface area contributed by atoms with Crippen LogP contribution in [0.2, 0.25) is 0 Å². The van der Waals surface area contributed by atoms with Crippen molar-refractivity contribution < 1.29 is 5.11 Å². The minimum absolute atomic E-state index is 0.0707. The van der Waals surface area contributed by atoms with Crippen LogP contribution < -0.4 is 0 Å². The van der Waals surface area contributed by atoms with Gasteiger partial charge in [0.2, 0.25) is 0 Å². The van der Waals surface area contributed by atoms with E-state index in [0.717, 1.165) is 22.2 Å². The monoisotopic (exact) mass is 229 g/mol. The predicted molar refractivity (Wildman–Crippen MR) is 71.2 cm³/mol. The molecule has 0 aliphatic heterocycles. The lowest BCUT2D eigenvalue weighted by Crippen LogP contribution is -1.98. The van der Waals surface area contributed by atoms with Gasteiger partial charge in [0.25, 0.3) is 0 Å². The minimum Gasteiger partial charge on any atom is -0.392 e. The largest absolute Gasteiger partial charge is 0.392 e. The zero-order valence-electron chi connectivity index (χ0n) is 10.9. The lowest BCUT2D eigenvalue weighted by atomic mass is 9.99. The first kappa shape index (κ1) is 12.1. The number of pyridine rings is 1. The maximum atomic E-state index is 9.47. The predicted octanol–water partition coefficient (Wildman–Crippen LogP) is 3.47. The van der Waals surface area contributed by atoms with Gasteiger partial charge in [-0.1, -0.05) is 13.8 Å². The van der Waals surface area contributed by atoms with Crippen LogP contribution in [0.1, 0.15) is 42.1 Å². The second-order valence-corrected chi connectivity index (χ2v) is 4.97. The highest BCUT2D eigenvalue weighted by molar-refractivity contribution is 5.84. The number of aryl methyl sites for hydroxylation is 2. The molecule has 2 nitrogen and oxygen atoms in total. The average molecular weight is 229 g/mol. The van der Waals surface area contributed by atoms with Gasteiger partial charge in [-0.05, 0) is 54.7 Å². The minimum atomic E-state index is 0.0707. The van der Waals surface area contributed by atoms with Crippen LogP contribution in [-0.2, 0) is 6.61 Å². The van der Waals surface area contributed by atoms with Gasteiger partial charge in [0.1, 0.15) is 0 Å². The van der Waals surface area contributed by atoms with Crippen molar-refractivity contribution >= 4 is 10.9 Å². The molecule has 0 saturated heterocycles. The Morgan fingerprint density at radius 1 is 1.12 bits per heavy atom. The fraction of sp³-hybridized carbons (Fsp3) is 0.400. The van der Waals surface area contributed by atoms with Gasteiger partial charge in [0.05, 0.1) is 12.1 Å². The second kappa shape index (κ2) is 4.46. The summed E-state index contributed by atoms with van der Waals surface area (Å²) < 4.78 is 0. The van der Waals surface area contributed by atoms with Crippen molar-refractivity contribution in [3.05, 3.63) is 40.6 Å². The Bertz CT molecular complexity index is 558. The molecule has 1 N–H and O–H groups in total. The number of rotatable bonds is 2. The fourth-order valence-corrected chi connectivity index (χ4v) is 2.00. The molecule has 0 unspecified atom stereocenters. The summed E-state index contributed by atoms with van der Waals surface area (Å²) >= 11 is 0. The summed E-state index contributed by atoms with van der Waals surface area (Å²) in [5, 5.41) is 10.5. The van der Waals surface area contributed by atoms with E-state index in [9.17, 15) is 5.11 Å². The summed E-state index contributed by atoms with van der Waals surface area (Å²) in [6.45, 7) is 8.50. The molecule has 90 valence electrons.